The van der Waals surface area contributed by atoms with Crippen LogP contribution < -0.4 is 0 Å². The average Bonchev–Trinajstić information content (AvgIpc) is 3.32. The predicted molar refractivity (Wildman–Crippen MR) is 98.4 cm³/mol. The Morgan fingerprint density at radius 1 is 1.04 bits per heavy atom. The molecule has 8 heteroatoms. The molecule has 128 valence electrons. The lowest BCUT2D eigenvalue weighted by atomic mass is 10.1. The third kappa shape index (κ3) is 3.46. The molecule has 0 radical (unpaired) electrons. The summed E-state index contributed by atoms with van der Waals surface area (Å²) in [7, 11) is 0. The number of amides is 1. The first-order valence-corrected chi connectivity index (χ1v) is 9.62. The van der Waals surface area contributed by atoms with Crippen molar-refractivity contribution >= 4 is 45.8 Å². The number of rotatable bonds is 4. The largest absolute Gasteiger partial charge is 0.336 e. The van der Waals surface area contributed by atoms with Gasteiger partial charge in [-0.25, -0.2) is 0 Å². The number of thiophene rings is 1. The fourth-order valence-electron chi connectivity index (χ4n) is 2.93. The summed E-state index contributed by atoms with van der Waals surface area (Å²) in [6.45, 7) is 3.10. The summed E-state index contributed by atoms with van der Waals surface area (Å²) < 4.78 is 8.35. The average molecular weight is 372 g/mol. The highest BCUT2D eigenvalue weighted by Gasteiger charge is 2.24. The predicted octanol–water partition coefficient (Wildman–Crippen LogP) is 2.39. The van der Waals surface area contributed by atoms with Gasteiger partial charge in [0.05, 0.1) is 23.2 Å². The van der Waals surface area contributed by atoms with E-state index >= 15 is 0 Å². The topological polar surface area (TPSA) is 66.4 Å². The molecule has 1 aromatic carbocycles. The van der Waals surface area contributed by atoms with Gasteiger partial charge in [-0.2, -0.15) is 8.75 Å². The third-order valence-corrected chi connectivity index (χ3v) is 5.79. The Kier molecular flexibility index (Phi) is 4.56. The van der Waals surface area contributed by atoms with E-state index in [0.717, 1.165) is 27.6 Å². The molecule has 1 aliphatic heterocycles. The molecule has 3 heterocycles. The standard InChI is InChI=1S/C17H16N4O2S2/c22-15(16-2-1-9-24-16)11-20-5-7-21(8-6-20)17(23)12-3-4-13-14(10-12)19-25-18-13/h1-4,9-10H,5-8,11H2. The van der Waals surface area contributed by atoms with Gasteiger partial charge in [-0.05, 0) is 29.6 Å². The zero-order chi connectivity index (χ0) is 17.2. The normalized spacial score (nSPS) is 15.6. The third-order valence-electron chi connectivity index (χ3n) is 4.32. The molecular formula is C17H16N4O2S2. The number of Topliss-reactive ketones (excluding diaryl/α,β-unsaturated/α-hetero) is 1. The van der Waals surface area contributed by atoms with Crippen LogP contribution in [0.5, 0.6) is 0 Å². The summed E-state index contributed by atoms with van der Waals surface area (Å²) in [6.07, 6.45) is 0. The van der Waals surface area contributed by atoms with Crippen molar-refractivity contribution in [1.82, 2.24) is 18.5 Å². The number of benzene rings is 1. The lowest BCUT2D eigenvalue weighted by Crippen LogP contribution is -2.49. The molecule has 6 nitrogen and oxygen atoms in total. The molecule has 25 heavy (non-hydrogen) atoms. The second-order valence-electron chi connectivity index (χ2n) is 5.94. The number of piperazine rings is 1. The minimum Gasteiger partial charge on any atom is -0.336 e. The second-order valence-corrected chi connectivity index (χ2v) is 7.41. The summed E-state index contributed by atoms with van der Waals surface area (Å²) in [5, 5.41) is 1.92. The van der Waals surface area contributed by atoms with Gasteiger partial charge in [0.1, 0.15) is 11.0 Å². The number of ketones is 1. The van der Waals surface area contributed by atoms with E-state index in [1.807, 2.05) is 28.5 Å². The Hall–Kier alpha value is -2.16. The van der Waals surface area contributed by atoms with Crippen LogP contribution >= 0.6 is 23.1 Å². The molecule has 0 saturated carbocycles. The van der Waals surface area contributed by atoms with Crippen molar-refractivity contribution in [3.8, 4) is 0 Å². The van der Waals surface area contributed by atoms with E-state index in [4.69, 9.17) is 0 Å². The van der Waals surface area contributed by atoms with Gasteiger partial charge in [-0.3, -0.25) is 14.5 Å². The fraction of sp³-hybridized carbons (Fsp3) is 0.294. The molecule has 2 aromatic heterocycles. The van der Waals surface area contributed by atoms with Crippen molar-refractivity contribution < 1.29 is 9.59 Å². The molecule has 1 aliphatic rings. The van der Waals surface area contributed by atoms with Gasteiger partial charge in [0.2, 0.25) is 0 Å². The van der Waals surface area contributed by atoms with Crippen molar-refractivity contribution in [2.45, 2.75) is 0 Å². The lowest BCUT2D eigenvalue weighted by Gasteiger charge is -2.34. The minimum atomic E-state index is 0.0131. The highest BCUT2D eigenvalue weighted by Crippen LogP contribution is 2.16. The van der Waals surface area contributed by atoms with E-state index in [1.165, 1.54) is 11.3 Å². The van der Waals surface area contributed by atoms with Crippen molar-refractivity contribution in [1.29, 1.82) is 0 Å². The maximum absolute atomic E-state index is 12.7. The molecule has 1 saturated heterocycles. The van der Waals surface area contributed by atoms with Crippen LogP contribution in [0.25, 0.3) is 11.0 Å². The lowest BCUT2D eigenvalue weighted by molar-refractivity contribution is 0.0625. The number of aromatic nitrogens is 2. The van der Waals surface area contributed by atoms with Gasteiger partial charge in [-0.15, -0.1) is 11.3 Å². The summed E-state index contributed by atoms with van der Waals surface area (Å²) in [5.74, 6) is 0.162. The maximum Gasteiger partial charge on any atom is 0.254 e. The van der Waals surface area contributed by atoms with Gasteiger partial charge < -0.3 is 4.90 Å². The Bertz CT molecular complexity index is 898. The molecular weight excluding hydrogens is 356 g/mol. The SMILES string of the molecule is O=C(CN1CCN(C(=O)c2ccc3nsnc3c2)CC1)c1cccs1. The van der Waals surface area contributed by atoms with E-state index < -0.39 is 0 Å². The quantitative estimate of drug-likeness (QED) is 0.658. The molecule has 0 N–H and O–H groups in total. The summed E-state index contributed by atoms with van der Waals surface area (Å²) in [5.41, 5.74) is 2.22. The van der Waals surface area contributed by atoms with E-state index in [1.54, 1.807) is 12.1 Å². The molecule has 1 amide bonds. The van der Waals surface area contributed by atoms with Gasteiger partial charge in [0, 0.05) is 31.7 Å². The molecule has 0 atom stereocenters. The second kappa shape index (κ2) is 6.99. The van der Waals surface area contributed by atoms with Gasteiger partial charge in [0.25, 0.3) is 5.91 Å². The highest BCUT2D eigenvalue weighted by atomic mass is 32.1. The van der Waals surface area contributed by atoms with Crippen LogP contribution in [0.15, 0.2) is 35.7 Å². The number of hydrogen-bond acceptors (Lipinski definition) is 7. The monoisotopic (exact) mass is 372 g/mol. The van der Waals surface area contributed by atoms with Crippen molar-refractivity contribution in [2.24, 2.45) is 0 Å². The van der Waals surface area contributed by atoms with Crippen LogP contribution in [-0.2, 0) is 0 Å². The number of nitrogens with zero attached hydrogens (tertiary/aromatic N) is 4. The Morgan fingerprint density at radius 3 is 2.60 bits per heavy atom. The number of fused-ring (bicyclic) bond motifs is 1. The van der Waals surface area contributed by atoms with Crippen LogP contribution in [0.2, 0.25) is 0 Å². The van der Waals surface area contributed by atoms with E-state index in [0.29, 0.717) is 38.3 Å². The smallest absolute Gasteiger partial charge is 0.254 e. The van der Waals surface area contributed by atoms with Crippen molar-refractivity contribution in [3.05, 3.63) is 46.2 Å². The summed E-state index contributed by atoms with van der Waals surface area (Å²) in [6, 6.07) is 9.19. The number of hydrogen-bond donors (Lipinski definition) is 0. The Labute approximate surface area is 153 Å². The van der Waals surface area contributed by atoms with E-state index in [2.05, 4.69) is 13.6 Å². The molecule has 0 unspecified atom stereocenters. The molecule has 4 rings (SSSR count). The van der Waals surface area contributed by atoms with E-state index in [-0.39, 0.29) is 11.7 Å². The first-order chi connectivity index (χ1) is 12.2. The highest BCUT2D eigenvalue weighted by molar-refractivity contribution is 7.12. The molecule has 3 aromatic rings. The van der Waals surface area contributed by atoms with Gasteiger partial charge >= 0.3 is 0 Å². The zero-order valence-corrected chi connectivity index (χ0v) is 15.1. The maximum atomic E-state index is 12.7. The molecule has 1 fully saturated rings. The van der Waals surface area contributed by atoms with Gasteiger partial charge in [0.15, 0.2) is 5.78 Å². The minimum absolute atomic E-state index is 0.0131. The Balaban J connectivity index is 1.36. The Morgan fingerprint density at radius 2 is 1.84 bits per heavy atom. The number of carbonyl (C=O) groups excluding carboxylic acids is 2. The molecule has 0 aliphatic carbocycles. The molecule has 0 spiro atoms. The van der Waals surface area contributed by atoms with Gasteiger partial charge in [-0.1, -0.05) is 6.07 Å². The van der Waals surface area contributed by atoms with Crippen molar-refractivity contribution in [3.63, 3.8) is 0 Å². The molecule has 0 bridgehead atoms. The zero-order valence-electron chi connectivity index (χ0n) is 13.4. The number of carbonyl (C=O) groups is 2. The van der Waals surface area contributed by atoms with Crippen LogP contribution in [0.4, 0.5) is 0 Å². The summed E-state index contributed by atoms with van der Waals surface area (Å²) in [4.78, 5) is 29.6. The van der Waals surface area contributed by atoms with Crippen LogP contribution in [0.3, 0.4) is 0 Å². The van der Waals surface area contributed by atoms with Crippen LogP contribution in [-0.4, -0.2) is 63.0 Å². The van der Waals surface area contributed by atoms with E-state index in [9.17, 15) is 9.59 Å². The summed E-state index contributed by atoms with van der Waals surface area (Å²) >= 11 is 2.62. The fourth-order valence-corrected chi connectivity index (χ4v) is 4.10. The van der Waals surface area contributed by atoms with Crippen LogP contribution in [0, 0.1) is 0 Å². The van der Waals surface area contributed by atoms with Crippen LogP contribution in [0.1, 0.15) is 20.0 Å². The first kappa shape index (κ1) is 16.3. The first-order valence-electron chi connectivity index (χ1n) is 8.01. The van der Waals surface area contributed by atoms with Crippen molar-refractivity contribution in [2.75, 3.05) is 32.7 Å².